The Morgan fingerprint density at radius 1 is 1.31 bits per heavy atom. The van der Waals surface area contributed by atoms with Crippen LogP contribution in [0.2, 0.25) is 0 Å². The minimum absolute atomic E-state index is 0.241. The fourth-order valence-corrected chi connectivity index (χ4v) is 2.05. The van der Waals surface area contributed by atoms with Crippen LogP contribution >= 0.6 is 0 Å². The molecule has 2 rings (SSSR count). The first kappa shape index (κ1) is 11.6. The van der Waals surface area contributed by atoms with Crippen molar-refractivity contribution < 1.29 is 14.6 Å². The van der Waals surface area contributed by atoms with Gasteiger partial charge in [-0.15, -0.1) is 0 Å². The number of hydrogen-bond donors (Lipinski definition) is 1. The summed E-state index contributed by atoms with van der Waals surface area (Å²) in [4.78, 5) is 0. The molecule has 0 amide bonds. The molecular formula is C13H18O3. The van der Waals surface area contributed by atoms with E-state index in [9.17, 15) is 5.11 Å². The van der Waals surface area contributed by atoms with Crippen molar-refractivity contribution in [2.45, 2.75) is 26.1 Å². The Kier molecular flexibility index (Phi) is 3.59. The number of benzene rings is 1. The maximum absolute atomic E-state index is 10.2. The highest BCUT2D eigenvalue weighted by atomic mass is 16.6. The molecule has 2 unspecified atom stereocenters. The lowest BCUT2D eigenvalue weighted by atomic mass is 9.98. The van der Waals surface area contributed by atoms with Crippen molar-refractivity contribution in [3.63, 3.8) is 0 Å². The topological polar surface area (TPSA) is 38.7 Å². The zero-order valence-corrected chi connectivity index (χ0v) is 9.77. The summed E-state index contributed by atoms with van der Waals surface area (Å²) in [7, 11) is 0. The Morgan fingerprint density at radius 2 is 2.12 bits per heavy atom. The molecule has 0 aliphatic carbocycles. The monoisotopic (exact) mass is 222 g/mol. The number of aryl methyl sites for hydroxylation is 2. The summed E-state index contributed by atoms with van der Waals surface area (Å²) in [5, 5.41) is 10.2. The van der Waals surface area contributed by atoms with Crippen LogP contribution in [0.5, 0.6) is 0 Å². The van der Waals surface area contributed by atoms with E-state index in [-0.39, 0.29) is 6.10 Å². The molecule has 88 valence electrons. The lowest BCUT2D eigenvalue weighted by Gasteiger charge is -2.28. The summed E-state index contributed by atoms with van der Waals surface area (Å²) >= 11 is 0. The molecule has 3 heteroatoms. The highest BCUT2D eigenvalue weighted by Gasteiger charge is 2.25. The standard InChI is InChI=1S/C13H18O3/c1-9-3-4-11(10(2)7-9)13(14)12-8-15-5-6-16-12/h3-4,7,12-14H,5-6,8H2,1-2H3. The summed E-state index contributed by atoms with van der Waals surface area (Å²) in [6.45, 7) is 5.70. The van der Waals surface area contributed by atoms with Gasteiger partial charge in [0.05, 0.1) is 19.8 Å². The van der Waals surface area contributed by atoms with E-state index in [1.54, 1.807) is 0 Å². The van der Waals surface area contributed by atoms with Crippen molar-refractivity contribution in [2.75, 3.05) is 19.8 Å². The second kappa shape index (κ2) is 4.95. The number of rotatable bonds is 2. The molecule has 0 spiro atoms. The van der Waals surface area contributed by atoms with Gasteiger partial charge in [0.25, 0.3) is 0 Å². The minimum Gasteiger partial charge on any atom is -0.386 e. The number of aliphatic hydroxyl groups is 1. The molecular weight excluding hydrogens is 204 g/mol. The molecule has 1 heterocycles. The molecule has 2 atom stereocenters. The van der Waals surface area contributed by atoms with E-state index in [1.165, 1.54) is 5.56 Å². The third-order valence-corrected chi connectivity index (χ3v) is 2.94. The summed E-state index contributed by atoms with van der Waals surface area (Å²) in [5.41, 5.74) is 3.23. The Labute approximate surface area is 96.0 Å². The first-order chi connectivity index (χ1) is 7.68. The molecule has 1 fully saturated rings. The quantitative estimate of drug-likeness (QED) is 0.828. The summed E-state index contributed by atoms with van der Waals surface area (Å²) in [5.74, 6) is 0. The van der Waals surface area contributed by atoms with Crippen molar-refractivity contribution in [2.24, 2.45) is 0 Å². The Hall–Kier alpha value is -0.900. The molecule has 0 aromatic heterocycles. The van der Waals surface area contributed by atoms with E-state index < -0.39 is 6.10 Å². The van der Waals surface area contributed by atoms with Gasteiger partial charge in [-0.05, 0) is 25.0 Å². The van der Waals surface area contributed by atoms with Crippen molar-refractivity contribution in [1.29, 1.82) is 0 Å². The Morgan fingerprint density at radius 3 is 2.75 bits per heavy atom. The van der Waals surface area contributed by atoms with E-state index >= 15 is 0 Å². The average molecular weight is 222 g/mol. The predicted molar refractivity (Wildman–Crippen MR) is 61.4 cm³/mol. The molecule has 1 N–H and O–H groups in total. The average Bonchev–Trinajstić information content (AvgIpc) is 2.29. The zero-order chi connectivity index (χ0) is 11.5. The molecule has 1 aromatic rings. The van der Waals surface area contributed by atoms with Gasteiger partial charge in [-0.3, -0.25) is 0 Å². The molecule has 1 aliphatic heterocycles. The van der Waals surface area contributed by atoms with E-state index in [4.69, 9.17) is 9.47 Å². The highest BCUT2D eigenvalue weighted by molar-refractivity contribution is 5.32. The van der Waals surface area contributed by atoms with Crippen LogP contribution in [0, 0.1) is 13.8 Å². The number of aliphatic hydroxyl groups excluding tert-OH is 1. The van der Waals surface area contributed by atoms with Gasteiger partial charge in [0, 0.05) is 0 Å². The zero-order valence-electron chi connectivity index (χ0n) is 9.77. The fourth-order valence-electron chi connectivity index (χ4n) is 2.05. The molecule has 1 aromatic carbocycles. The van der Waals surface area contributed by atoms with Crippen LogP contribution in [0.15, 0.2) is 18.2 Å². The summed E-state index contributed by atoms with van der Waals surface area (Å²) < 4.78 is 10.8. The highest BCUT2D eigenvalue weighted by Crippen LogP contribution is 2.24. The third kappa shape index (κ3) is 2.43. The lowest BCUT2D eigenvalue weighted by Crippen LogP contribution is -2.34. The fraction of sp³-hybridized carbons (Fsp3) is 0.538. The predicted octanol–water partition coefficient (Wildman–Crippen LogP) is 1.75. The van der Waals surface area contributed by atoms with Crippen LogP contribution in [0.25, 0.3) is 0 Å². The molecule has 0 radical (unpaired) electrons. The van der Waals surface area contributed by atoms with Gasteiger partial charge < -0.3 is 14.6 Å². The van der Waals surface area contributed by atoms with Crippen molar-refractivity contribution in [3.05, 3.63) is 34.9 Å². The van der Waals surface area contributed by atoms with Gasteiger partial charge in [-0.25, -0.2) is 0 Å². The number of ether oxygens (including phenoxy) is 2. The van der Waals surface area contributed by atoms with Gasteiger partial charge in [-0.2, -0.15) is 0 Å². The maximum Gasteiger partial charge on any atom is 0.111 e. The molecule has 0 bridgehead atoms. The van der Waals surface area contributed by atoms with Crippen LogP contribution < -0.4 is 0 Å². The van der Waals surface area contributed by atoms with Gasteiger partial charge in [0.1, 0.15) is 12.2 Å². The lowest BCUT2D eigenvalue weighted by molar-refractivity contribution is -0.133. The van der Waals surface area contributed by atoms with E-state index in [1.807, 2.05) is 26.0 Å². The largest absolute Gasteiger partial charge is 0.386 e. The van der Waals surface area contributed by atoms with Crippen molar-refractivity contribution in [1.82, 2.24) is 0 Å². The molecule has 1 aliphatic rings. The normalized spacial score (nSPS) is 23.1. The summed E-state index contributed by atoms with van der Waals surface area (Å²) in [6.07, 6.45) is -0.837. The smallest absolute Gasteiger partial charge is 0.111 e. The summed E-state index contributed by atoms with van der Waals surface area (Å²) in [6, 6.07) is 6.05. The Balaban J connectivity index is 2.15. The van der Waals surface area contributed by atoms with E-state index in [0.717, 1.165) is 11.1 Å². The van der Waals surface area contributed by atoms with Crippen LogP contribution in [0.4, 0.5) is 0 Å². The molecule has 0 saturated carbocycles. The molecule has 1 saturated heterocycles. The molecule has 16 heavy (non-hydrogen) atoms. The second-order valence-corrected chi connectivity index (χ2v) is 4.29. The first-order valence-electron chi connectivity index (χ1n) is 5.63. The van der Waals surface area contributed by atoms with E-state index in [2.05, 4.69) is 6.07 Å². The van der Waals surface area contributed by atoms with Gasteiger partial charge in [0.2, 0.25) is 0 Å². The van der Waals surface area contributed by atoms with Gasteiger partial charge >= 0.3 is 0 Å². The van der Waals surface area contributed by atoms with Crippen LogP contribution in [0.3, 0.4) is 0 Å². The first-order valence-corrected chi connectivity index (χ1v) is 5.63. The third-order valence-electron chi connectivity index (χ3n) is 2.94. The second-order valence-electron chi connectivity index (χ2n) is 4.29. The molecule has 3 nitrogen and oxygen atoms in total. The van der Waals surface area contributed by atoms with E-state index in [0.29, 0.717) is 19.8 Å². The SMILES string of the molecule is Cc1ccc(C(O)C2COCCO2)c(C)c1. The van der Waals surface area contributed by atoms with Crippen molar-refractivity contribution in [3.8, 4) is 0 Å². The number of hydrogen-bond acceptors (Lipinski definition) is 3. The maximum atomic E-state index is 10.2. The van der Waals surface area contributed by atoms with Gasteiger partial charge in [0.15, 0.2) is 0 Å². The van der Waals surface area contributed by atoms with Crippen LogP contribution in [-0.2, 0) is 9.47 Å². The minimum atomic E-state index is -0.596. The van der Waals surface area contributed by atoms with Crippen molar-refractivity contribution >= 4 is 0 Å². The van der Waals surface area contributed by atoms with Crippen LogP contribution in [0.1, 0.15) is 22.8 Å². The Bertz CT molecular complexity index is 356. The van der Waals surface area contributed by atoms with Gasteiger partial charge in [-0.1, -0.05) is 23.8 Å². The van der Waals surface area contributed by atoms with Crippen LogP contribution in [-0.4, -0.2) is 31.0 Å².